The van der Waals surface area contributed by atoms with E-state index in [0.29, 0.717) is 17.2 Å². The van der Waals surface area contributed by atoms with Crippen molar-refractivity contribution in [1.82, 2.24) is 9.97 Å². The standard InChI is InChI=1S/C32H36N6O5S/c1-32(2,3)20-18-25(29(43-4)26(19-20)37-44(5,41)42)35-30(40)28(39)23-12-13-24(22-11-7-6-10-21(22)23)34-27-14-15-33-31(36-27)38-16-8-9-17-38/h6-7,10-15,18-19,37H,8-9,16-17H2,1-5H3,(H,35,40)(H,33,34,36). The van der Waals surface area contributed by atoms with Gasteiger partial charge in [-0.3, -0.25) is 14.3 Å². The van der Waals surface area contributed by atoms with Crippen molar-refractivity contribution >= 4 is 61.3 Å². The molecule has 11 nitrogen and oxygen atoms in total. The summed E-state index contributed by atoms with van der Waals surface area (Å²) in [6.45, 7) is 7.70. The van der Waals surface area contributed by atoms with Gasteiger partial charge in [0.1, 0.15) is 5.82 Å². The van der Waals surface area contributed by atoms with Crippen molar-refractivity contribution in [3.8, 4) is 5.75 Å². The van der Waals surface area contributed by atoms with Crippen LogP contribution in [0, 0.1) is 0 Å². The molecule has 0 atom stereocenters. The first kappa shape index (κ1) is 30.7. The summed E-state index contributed by atoms with van der Waals surface area (Å²) in [6, 6.07) is 15.8. The maximum absolute atomic E-state index is 13.6. The molecule has 5 rings (SSSR count). The van der Waals surface area contributed by atoms with Crippen molar-refractivity contribution < 1.29 is 22.7 Å². The van der Waals surface area contributed by atoms with E-state index in [4.69, 9.17) is 4.74 Å². The van der Waals surface area contributed by atoms with E-state index in [9.17, 15) is 18.0 Å². The van der Waals surface area contributed by atoms with Gasteiger partial charge in [-0.05, 0) is 59.5 Å². The molecule has 1 saturated heterocycles. The summed E-state index contributed by atoms with van der Waals surface area (Å²) in [4.78, 5) is 38.3. The third kappa shape index (κ3) is 6.75. The number of carbonyl (C=O) groups excluding carboxylic acids is 2. The molecule has 1 fully saturated rings. The fourth-order valence-corrected chi connectivity index (χ4v) is 5.73. The van der Waals surface area contributed by atoms with Crippen LogP contribution < -0.4 is 25.0 Å². The number of nitrogens with one attached hydrogen (secondary N) is 3. The van der Waals surface area contributed by atoms with Crippen LogP contribution in [0.2, 0.25) is 0 Å². The van der Waals surface area contributed by atoms with Gasteiger partial charge >= 0.3 is 0 Å². The number of Topliss-reactive ketones (excluding diaryl/α,β-unsaturated/α-hetero) is 1. The van der Waals surface area contributed by atoms with Crippen LogP contribution in [0.4, 0.5) is 28.8 Å². The van der Waals surface area contributed by atoms with Gasteiger partial charge in [0.05, 0.1) is 24.7 Å². The summed E-state index contributed by atoms with van der Waals surface area (Å²) < 4.78 is 32.1. The zero-order chi connectivity index (χ0) is 31.6. The Bertz CT molecular complexity index is 1850. The lowest BCUT2D eigenvalue weighted by Gasteiger charge is -2.24. The van der Waals surface area contributed by atoms with Gasteiger partial charge in [0.25, 0.3) is 11.7 Å². The first-order valence-corrected chi connectivity index (χ1v) is 16.2. The average molecular weight is 617 g/mol. The molecule has 12 heteroatoms. The molecule has 4 aromatic rings. The van der Waals surface area contributed by atoms with Crippen LogP contribution in [-0.2, 0) is 20.2 Å². The molecular formula is C32H36N6O5S. The Labute approximate surface area is 257 Å². The number of amides is 1. The second-order valence-electron chi connectivity index (χ2n) is 11.8. The van der Waals surface area contributed by atoms with Gasteiger partial charge in [0.15, 0.2) is 5.75 Å². The third-order valence-electron chi connectivity index (χ3n) is 7.37. The first-order chi connectivity index (χ1) is 20.8. The molecule has 0 spiro atoms. The molecule has 0 aliphatic carbocycles. The number of rotatable bonds is 9. The number of ketones is 1. The predicted octanol–water partition coefficient (Wildman–Crippen LogP) is 5.47. The van der Waals surface area contributed by atoms with Crippen molar-refractivity contribution in [3.63, 3.8) is 0 Å². The van der Waals surface area contributed by atoms with Crippen LogP contribution in [0.5, 0.6) is 5.75 Å². The lowest BCUT2D eigenvalue weighted by atomic mass is 9.86. The van der Waals surface area contributed by atoms with E-state index in [1.54, 1.807) is 48.7 Å². The summed E-state index contributed by atoms with van der Waals surface area (Å²) >= 11 is 0. The second-order valence-corrected chi connectivity index (χ2v) is 13.5. The molecule has 3 aromatic carbocycles. The van der Waals surface area contributed by atoms with E-state index in [1.807, 2.05) is 32.9 Å². The summed E-state index contributed by atoms with van der Waals surface area (Å²) in [6.07, 6.45) is 4.97. The van der Waals surface area contributed by atoms with E-state index in [1.165, 1.54) is 7.11 Å². The number of fused-ring (bicyclic) bond motifs is 1. The van der Waals surface area contributed by atoms with Crippen molar-refractivity contribution in [3.05, 3.63) is 71.9 Å². The SMILES string of the molecule is COc1c(NC(=O)C(=O)c2ccc(Nc3ccnc(N4CCCC4)n3)c3ccccc23)cc(C(C)(C)C)cc1NS(C)(=O)=O. The normalized spacial score (nSPS) is 13.5. The highest BCUT2D eigenvalue weighted by atomic mass is 32.2. The molecule has 2 heterocycles. The van der Waals surface area contributed by atoms with Crippen LogP contribution >= 0.6 is 0 Å². The Kier molecular flexibility index (Phi) is 8.46. The molecule has 0 bridgehead atoms. The lowest BCUT2D eigenvalue weighted by Crippen LogP contribution is -2.24. The topological polar surface area (TPSA) is 143 Å². The molecule has 1 aromatic heterocycles. The quantitative estimate of drug-likeness (QED) is 0.165. The number of hydrogen-bond donors (Lipinski definition) is 3. The van der Waals surface area contributed by atoms with Gasteiger partial charge in [0.2, 0.25) is 16.0 Å². The van der Waals surface area contributed by atoms with Crippen molar-refractivity contribution in [2.45, 2.75) is 39.0 Å². The number of anilines is 5. The van der Waals surface area contributed by atoms with E-state index in [2.05, 4.69) is 30.2 Å². The first-order valence-electron chi connectivity index (χ1n) is 14.3. The third-order valence-corrected chi connectivity index (χ3v) is 7.96. The number of carbonyl (C=O) groups is 2. The molecule has 44 heavy (non-hydrogen) atoms. The summed E-state index contributed by atoms with van der Waals surface area (Å²) in [5.74, 6) is -0.273. The van der Waals surface area contributed by atoms with E-state index in [-0.39, 0.29) is 22.7 Å². The number of hydrogen-bond acceptors (Lipinski definition) is 9. The fourth-order valence-electron chi connectivity index (χ4n) is 5.18. The number of sulfonamides is 1. The van der Waals surface area contributed by atoms with Crippen molar-refractivity contribution in [2.24, 2.45) is 0 Å². The molecule has 1 aliphatic rings. The number of nitrogens with zero attached hydrogens (tertiary/aromatic N) is 3. The predicted molar refractivity (Wildman–Crippen MR) is 174 cm³/mol. The number of ether oxygens (including phenoxy) is 1. The van der Waals surface area contributed by atoms with Gasteiger partial charge in [0, 0.05) is 35.9 Å². The largest absolute Gasteiger partial charge is 0.492 e. The van der Waals surface area contributed by atoms with Crippen molar-refractivity contribution in [2.75, 3.05) is 46.7 Å². The second kappa shape index (κ2) is 12.1. The van der Waals surface area contributed by atoms with Gasteiger partial charge in [-0.15, -0.1) is 0 Å². The van der Waals surface area contributed by atoms with Crippen LogP contribution in [-0.4, -0.2) is 56.5 Å². The molecular weight excluding hydrogens is 580 g/mol. The number of benzene rings is 3. The molecule has 3 N–H and O–H groups in total. The van der Waals surface area contributed by atoms with Gasteiger partial charge in [-0.2, -0.15) is 4.98 Å². The highest BCUT2D eigenvalue weighted by Gasteiger charge is 2.25. The minimum Gasteiger partial charge on any atom is -0.492 e. The van der Waals surface area contributed by atoms with Gasteiger partial charge < -0.3 is 20.3 Å². The van der Waals surface area contributed by atoms with Gasteiger partial charge in [-0.1, -0.05) is 45.0 Å². The average Bonchev–Trinajstić information content (AvgIpc) is 3.51. The van der Waals surface area contributed by atoms with E-state index in [0.717, 1.165) is 48.8 Å². The van der Waals surface area contributed by atoms with E-state index >= 15 is 0 Å². The van der Waals surface area contributed by atoms with Crippen LogP contribution in [0.3, 0.4) is 0 Å². The van der Waals surface area contributed by atoms with Crippen molar-refractivity contribution in [1.29, 1.82) is 0 Å². The molecule has 0 saturated carbocycles. The lowest BCUT2D eigenvalue weighted by molar-refractivity contribution is -0.112. The monoisotopic (exact) mass is 616 g/mol. The smallest absolute Gasteiger partial charge is 0.296 e. The highest BCUT2D eigenvalue weighted by Crippen LogP contribution is 2.39. The highest BCUT2D eigenvalue weighted by molar-refractivity contribution is 7.92. The zero-order valence-corrected chi connectivity index (χ0v) is 26.2. The minimum atomic E-state index is -3.66. The molecule has 0 radical (unpaired) electrons. The fraction of sp³-hybridized carbons (Fsp3) is 0.312. The Balaban J connectivity index is 1.46. The maximum atomic E-state index is 13.6. The maximum Gasteiger partial charge on any atom is 0.296 e. The number of aromatic nitrogens is 2. The summed E-state index contributed by atoms with van der Waals surface area (Å²) in [5, 5.41) is 7.33. The molecule has 1 aliphatic heterocycles. The Morgan fingerprint density at radius 1 is 0.932 bits per heavy atom. The molecule has 230 valence electrons. The van der Waals surface area contributed by atoms with Crippen LogP contribution in [0.25, 0.3) is 10.8 Å². The summed E-state index contributed by atoms with van der Waals surface area (Å²) in [7, 11) is -2.30. The molecule has 1 amide bonds. The Morgan fingerprint density at radius 3 is 2.27 bits per heavy atom. The zero-order valence-electron chi connectivity index (χ0n) is 25.4. The van der Waals surface area contributed by atoms with Crippen LogP contribution in [0.1, 0.15) is 49.5 Å². The Morgan fingerprint density at radius 2 is 1.61 bits per heavy atom. The number of methoxy groups -OCH3 is 1. The minimum absolute atomic E-state index is 0.0899. The van der Waals surface area contributed by atoms with E-state index < -0.39 is 27.1 Å². The van der Waals surface area contributed by atoms with Crippen LogP contribution in [0.15, 0.2) is 60.8 Å². The summed E-state index contributed by atoms with van der Waals surface area (Å²) in [5.41, 5.74) is 1.59. The Hall–Kier alpha value is -4.71. The molecule has 0 unspecified atom stereocenters. The van der Waals surface area contributed by atoms with Gasteiger partial charge in [-0.25, -0.2) is 13.4 Å².